The number of carbonyl (C=O) groups is 1. The smallest absolute Gasteiger partial charge is 0.258 e. The lowest BCUT2D eigenvalue weighted by Crippen LogP contribution is -2.47. The average molecular weight is 347 g/mol. The Bertz CT molecular complexity index is 586. The number of rotatable bonds is 4. The number of fused-ring (bicyclic) bond motifs is 2. The second kappa shape index (κ2) is 4.90. The summed E-state index contributed by atoms with van der Waals surface area (Å²) in [5, 5.41) is -0.175. The number of hydrogen-bond acceptors (Lipinski definition) is 4. The summed E-state index contributed by atoms with van der Waals surface area (Å²) >= 11 is 0. The van der Waals surface area contributed by atoms with E-state index >= 15 is 0 Å². The molecule has 2 fully saturated rings. The van der Waals surface area contributed by atoms with Gasteiger partial charge < -0.3 is 3.87 Å². The molecule has 0 saturated heterocycles. The van der Waals surface area contributed by atoms with Crippen molar-refractivity contribution in [1.82, 2.24) is 0 Å². The molecule has 0 spiro atoms. The first-order chi connectivity index (χ1) is 9.65. The van der Waals surface area contributed by atoms with Gasteiger partial charge in [-0.25, -0.2) is 8.42 Å². The molecule has 0 aromatic rings. The fourth-order valence-corrected chi connectivity index (χ4v) is 8.94. The lowest BCUT2D eigenvalue weighted by Gasteiger charge is -2.39. The van der Waals surface area contributed by atoms with Crippen LogP contribution >= 0.6 is 0 Å². The van der Waals surface area contributed by atoms with Crippen molar-refractivity contribution >= 4 is 24.2 Å². The molecule has 0 aromatic carbocycles. The largest absolute Gasteiger partial charge is 0.315 e. The first-order valence-corrected chi connectivity index (χ1v) is 12.6. The van der Waals surface area contributed by atoms with Crippen LogP contribution in [0.25, 0.3) is 0 Å². The normalized spacial score (nSPS) is 31.8. The maximum atomic E-state index is 12.7. The van der Waals surface area contributed by atoms with Gasteiger partial charge >= 0.3 is 0 Å². The molecule has 22 heavy (non-hydrogen) atoms. The molecule has 0 aromatic heterocycles. The fraction of sp³-hybridized carbons (Fsp3) is 0.938. The summed E-state index contributed by atoms with van der Waals surface area (Å²) < 4.78 is 31.1. The maximum absolute atomic E-state index is 12.7. The number of Topliss-reactive ketones (excluding diaryl/α,β-unsaturated/α-hetero) is 1. The molecule has 0 amide bonds. The van der Waals surface area contributed by atoms with Gasteiger partial charge in [0.1, 0.15) is 5.78 Å². The third kappa shape index (κ3) is 2.61. The van der Waals surface area contributed by atoms with Crippen molar-refractivity contribution in [1.29, 1.82) is 0 Å². The molecular weight excluding hydrogens is 316 g/mol. The average Bonchev–Trinajstić information content (AvgIpc) is 2.58. The number of carbonyl (C=O) groups excluding carboxylic acids is 1. The number of hydrogen-bond donors (Lipinski definition) is 0. The van der Waals surface area contributed by atoms with Crippen molar-refractivity contribution in [2.75, 3.05) is 5.75 Å². The quantitative estimate of drug-likeness (QED) is 0.728. The third-order valence-corrected chi connectivity index (χ3v) is 13.8. The van der Waals surface area contributed by atoms with Crippen molar-refractivity contribution in [2.45, 2.75) is 72.0 Å². The lowest BCUT2D eigenvalue weighted by atomic mass is 9.70. The summed E-state index contributed by atoms with van der Waals surface area (Å²) in [6, 6.07) is 0. The third-order valence-electron chi connectivity index (χ3n) is 6.70. The molecule has 0 heterocycles. The Labute approximate surface area is 136 Å². The highest BCUT2D eigenvalue weighted by Crippen LogP contribution is 2.64. The Morgan fingerprint density at radius 3 is 2.18 bits per heavy atom. The van der Waals surface area contributed by atoms with Gasteiger partial charge in [0.2, 0.25) is 8.32 Å². The summed E-state index contributed by atoms with van der Waals surface area (Å²) in [4.78, 5) is 12.5. The van der Waals surface area contributed by atoms with E-state index in [1.807, 2.05) is 33.9 Å². The molecular formula is C16H30O4SSi. The zero-order chi connectivity index (χ0) is 17.2. The van der Waals surface area contributed by atoms with Crippen LogP contribution in [0.1, 0.15) is 53.9 Å². The van der Waals surface area contributed by atoms with Crippen molar-refractivity contribution in [3.05, 3.63) is 0 Å². The van der Waals surface area contributed by atoms with Crippen molar-refractivity contribution in [2.24, 2.45) is 16.7 Å². The van der Waals surface area contributed by atoms with Crippen LogP contribution in [0.3, 0.4) is 0 Å². The van der Waals surface area contributed by atoms with E-state index in [1.165, 1.54) is 0 Å². The summed E-state index contributed by atoms with van der Waals surface area (Å²) in [6.07, 6.45) is 2.17. The van der Waals surface area contributed by atoms with E-state index in [1.54, 1.807) is 0 Å². The second-order valence-corrected chi connectivity index (χ2v) is 15.8. The van der Waals surface area contributed by atoms with Crippen LogP contribution in [0.15, 0.2) is 0 Å². The van der Waals surface area contributed by atoms with E-state index < -0.39 is 23.9 Å². The molecule has 2 atom stereocenters. The molecule has 128 valence electrons. The molecule has 0 aliphatic heterocycles. The Morgan fingerprint density at radius 1 is 1.27 bits per heavy atom. The molecule has 4 nitrogen and oxygen atoms in total. The highest BCUT2D eigenvalue weighted by molar-refractivity contribution is 7.87. The summed E-state index contributed by atoms with van der Waals surface area (Å²) in [6.45, 7) is 14.0. The Morgan fingerprint density at radius 2 is 1.82 bits per heavy atom. The van der Waals surface area contributed by atoms with Gasteiger partial charge in [-0.05, 0) is 42.3 Å². The number of ketones is 1. The van der Waals surface area contributed by atoms with E-state index in [2.05, 4.69) is 13.8 Å². The van der Waals surface area contributed by atoms with E-state index in [9.17, 15) is 13.2 Å². The predicted molar refractivity (Wildman–Crippen MR) is 90.6 cm³/mol. The highest BCUT2D eigenvalue weighted by Gasteiger charge is 2.65. The molecule has 2 bridgehead atoms. The minimum atomic E-state index is -3.71. The van der Waals surface area contributed by atoms with Crippen molar-refractivity contribution in [3.8, 4) is 0 Å². The first-order valence-electron chi connectivity index (χ1n) is 8.11. The molecule has 0 unspecified atom stereocenters. The Balaban J connectivity index is 2.28. The Hall–Kier alpha value is -0.203. The topological polar surface area (TPSA) is 60.4 Å². The fourth-order valence-electron chi connectivity index (χ4n) is 3.88. The van der Waals surface area contributed by atoms with Crippen LogP contribution in [0, 0.1) is 16.7 Å². The van der Waals surface area contributed by atoms with E-state index in [0.29, 0.717) is 18.8 Å². The summed E-state index contributed by atoms with van der Waals surface area (Å²) in [5.41, 5.74) is -0.979. The van der Waals surface area contributed by atoms with E-state index in [4.69, 9.17) is 3.87 Å². The monoisotopic (exact) mass is 346 g/mol. The van der Waals surface area contributed by atoms with Gasteiger partial charge in [-0.3, -0.25) is 4.79 Å². The standard InChI is InChI=1S/C16H30O4SSi/c1-14(2,3)22(6,7)20-21(18,19)11-16-9-8-12(10-13(16)17)15(16,4)5/h12H,8-11H2,1-7H3/t12-,16+/m0/s1. The van der Waals surface area contributed by atoms with Crippen LogP contribution in [-0.4, -0.2) is 28.3 Å². The van der Waals surface area contributed by atoms with Crippen LogP contribution < -0.4 is 0 Å². The van der Waals surface area contributed by atoms with E-state index in [-0.39, 0.29) is 22.0 Å². The zero-order valence-corrected chi connectivity index (χ0v) is 16.8. The summed E-state index contributed by atoms with van der Waals surface area (Å²) in [5.74, 6) is 0.300. The van der Waals surface area contributed by atoms with Crippen LogP contribution in [-0.2, 0) is 18.8 Å². The van der Waals surface area contributed by atoms with Gasteiger partial charge in [-0.15, -0.1) is 0 Å². The van der Waals surface area contributed by atoms with Gasteiger partial charge in [0.15, 0.2) is 0 Å². The second-order valence-electron chi connectivity index (χ2n) is 9.21. The zero-order valence-electron chi connectivity index (χ0n) is 14.9. The molecule has 2 aliphatic rings. The van der Waals surface area contributed by atoms with Crippen LogP contribution in [0.4, 0.5) is 0 Å². The first kappa shape index (κ1) is 18.1. The van der Waals surface area contributed by atoms with E-state index in [0.717, 1.165) is 6.42 Å². The van der Waals surface area contributed by atoms with Gasteiger partial charge in [0.05, 0.1) is 11.2 Å². The highest BCUT2D eigenvalue weighted by atomic mass is 32.2. The molecule has 2 aliphatic carbocycles. The van der Waals surface area contributed by atoms with Gasteiger partial charge in [-0.2, -0.15) is 0 Å². The van der Waals surface area contributed by atoms with Gasteiger partial charge in [0.25, 0.3) is 10.1 Å². The minimum Gasteiger partial charge on any atom is -0.315 e. The van der Waals surface area contributed by atoms with Gasteiger partial charge in [-0.1, -0.05) is 34.6 Å². The SMILES string of the molecule is CC1(C)[C@H]2CC[C@@]1(CS(=O)(=O)O[Si](C)(C)C(C)(C)C)C(=O)C2. The maximum Gasteiger partial charge on any atom is 0.258 e. The van der Waals surface area contributed by atoms with Crippen LogP contribution in [0.2, 0.25) is 18.1 Å². The summed E-state index contributed by atoms with van der Waals surface area (Å²) in [7, 11) is -6.12. The van der Waals surface area contributed by atoms with Crippen molar-refractivity contribution < 1.29 is 17.1 Å². The minimum absolute atomic E-state index is 0.121. The molecule has 2 rings (SSSR count). The van der Waals surface area contributed by atoms with Crippen molar-refractivity contribution in [3.63, 3.8) is 0 Å². The molecule has 0 radical (unpaired) electrons. The van der Waals surface area contributed by atoms with Crippen LogP contribution in [0.5, 0.6) is 0 Å². The Kier molecular flexibility index (Phi) is 4.04. The lowest BCUT2D eigenvalue weighted by molar-refractivity contribution is -0.128. The predicted octanol–water partition coefficient (Wildman–Crippen LogP) is 3.73. The van der Waals surface area contributed by atoms with Gasteiger partial charge in [0, 0.05) is 6.42 Å². The molecule has 6 heteroatoms. The molecule has 0 N–H and O–H groups in total. The molecule has 2 saturated carbocycles.